The summed E-state index contributed by atoms with van der Waals surface area (Å²) in [5.41, 5.74) is 2.76. The molecule has 1 aliphatic rings. The van der Waals surface area contributed by atoms with Crippen LogP contribution in [0.5, 0.6) is 0 Å². The number of hydrogen-bond acceptors (Lipinski definition) is 4. The Labute approximate surface area is 139 Å². The van der Waals surface area contributed by atoms with E-state index in [9.17, 15) is 9.18 Å². The number of imidazole rings is 1. The van der Waals surface area contributed by atoms with Crippen molar-refractivity contribution in [3.63, 3.8) is 0 Å². The second-order valence-corrected chi connectivity index (χ2v) is 5.59. The second kappa shape index (κ2) is 7.40. The minimum atomic E-state index is -0.481. The van der Waals surface area contributed by atoms with Crippen molar-refractivity contribution in [3.05, 3.63) is 58.9 Å². The molecule has 0 spiro atoms. The summed E-state index contributed by atoms with van der Waals surface area (Å²) < 4.78 is 19.8. The highest BCUT2D eigenvalue weighted by Crippen LogP contribution is 2.29. The van der Waals surface area contributed by atoms with Crippen molar-refractivity contribution >= 4 is 12.0 Å². The number of aryl methyl sites for hydroxylation is 1. The van der Waals surface area contributed by atoms with Gasteiger partial charge in [0.1, 0.15) is 5.82 Å². The van der Waals surface area contributed by atoms with E-state index in [1.807, 2.05) is 0 Å². The fourth-order valence-electron chi connectivity index (χ4n) is 2.92. The third kappa shape index (κ3) is 3.38. The molecule has 2 aromatic rings. The molecule has 0 aliphatic carbocycles. The van der Waals surface area contributed by atoms with Crippen molar-refractivity contribution in [1.29, 1.82) is 0 Å². The molecule has 1 aromatic heterocycles. The average Bonchev–Trinajstić information content (AvgIpc) is 2.95. The molecule has 0 fully saturated rings. The van der Waals surface area contributed by atoms with Gasteiger partial charge in [-0.1, -0.05) is 18.2 Å². The van der Waals surface area contributed by atoms with E-state index in [1.54, 1.807) is 31.5 Å². The van der Waals surface area contributed by atoms with Crippen LogP contribution in [-0.2, 0) is 16.0 Å². The van der Waals surface area contributed by atoms with E-state index in [4.69, 9.17) is 4.74 Å². The van der Waals surface area contributed by atoms with Crippen LogP contribution in [-0.4, -0.2) is 29.1 Å². The predicted octanol–water partition coefficient (Wildman–Crippen LogP) is 2.75. The smallest absolute Gasteiger partial charge is 0.330 e. The van der Waals surface area contributed by atoms with Crippen LogP contribution < -0.4 is 5.32 Å². The number of carbonyl (C=O) groups is 1. The van der Waals surface area contributed by atoms with E-state index < -0.39 is 5.97 Å². The van der Waals surface area contributed by atoms with E-state index >= 15 is 0 Å². The van der Waals surface area contributed by atoms with Gasteiger partial charge in [0, 0.05) is 17.2 Å². The van der Waals surface area contributed by atoms with Crippen molar-refractivity contribution in [3.8, 4) is 0 Å². The zero-order chi connectivity index (χ0) is 16.9. The first kappa shape index (κ1) is 16.4. The molecule has 1 aromatic carbocycles. The van der Waals surface area contributed by atoms with Crippen LogP contribution in [0, 0.1) is 5.82 Å². The minimum absolute atomic E-state index is 0.277. The summed E-state index contributed by atoms with van der Waals surface area (Å²) in [5, 5.41) is 3.37. The largest absolute Gasteiger partial charge is 0.463 e. The summed E-state index contributed by atoms with van der Waals surface area (Å²) in [5.74, 6) is -0.830. The van der Waals surface area contributed by atoms with Crippen molar-refractivity contribution in [2.24, 2.45) is 0 Å². The van der Waals surface area contributed by atoms with Crippen molar-refractivity contribution in [2.75, 3.05) is 13.2 Å². The molecule has 3 rings (SSSR count). The summed E-state index contributed by atoms with van der Waals surface area (Å²) in [6, 6.07) is 4.90. The number of halogens is 1. The Hall–Kier alpha value is -2.47. The maximum Gasteiger partial charge on any atom is 0.330 e. The van der Waals surface area contributed by atoms with Crippen molar-refractivity contribution < 1.29 is 13.9 Å². The minimum Gasteiger partial charge on any atom is -0.463 e. The van der Waals surface area contributed by atoms with Crippen LogP contribution in [0.2, 0.25) is 0 Å². The first-order valence-electron chi connectivity index (χ1n) is 8.09. The Balaban J connectivity index is 1.93. The third-order valence-electron chi connectivity index (χ3n) is 4.03. The Morgan fingerprint density at radius 3 is 3.21 bits per heavy atom. The lowest BCUT2D eigenvalue weighted by Gasteiger charge is -2.18. The molecule has 1 unspecified atom stereocenters. The molecule has 2 N–H and O–H groups in total. The monoisotopic (exact) mass is 329 g/mol. The van der Waals surface area contributed by atoms with Crippen LogP contribution in [0.15, 0.2) is 30.6 Å². The van der Waals surface area contributed by atoms with Gasteiger partial charge in [-0.3, -0.25) is 0 Å². The van der Waals surface area contributed by atoms with Gasteiger partial charge >= 0.3 is 5.97 Å². The summed E-state index contributed by atoms with van der Waals surface area (Å²) in [4.78, 5) is 18.9. The number of H-pyrrole nitrogens is 1. The van der Waals surface area contributed by atoms with E-state index in [0.717, 1.165) is 30.8 Å². The van der Waals surface area contributed by atoms with Gasteiger partial charge < -0.3 is 15.0 Å². The molecule has 0 saturated heterocycles. The van der Waals surface area contributed by atoms with Crippen LogP contribution >= 0.6 is 0 Å². The van der Waals surface area contributed by atoms with Gasteiger partial charge in [-0.05, 0) is 32.4 Å². The number of ether oxygens (including phenoxy) is 1. The fraction of sp³-hybridized carbons (Fsp3) is 0.333. The van der Waals surface area contributed by atoms with Crippen LogP contribution in [0.3, 0.4) is 0 Å². The van der Waals surface area contributed by atoms with Gasteiger partial charge in [-0.15, -0.1) is 0 Å². The molecule has 2 heterocycles. The first-order valence-corrected chi connectivity index (χ1v) is 8.09. The topological polar surface area (TPSA) is 67.0 Å². The molecule has 24 heavy (non-hydrogen) atoms. The summed E-state index contributed by atoms with van der Waals surface area (Å²) in [6.45, 7) is 2.81. The Kier molecular flexibility index (Phi) is 5.05. The number of carbonyl (C=O) groups excluding carboxylic acids is 1. The highest BCUT2D eigenvalue weighted by molar-refractivity contribution is 5.87. The van der Waals surface area contributed by atoms with Gasteiger partial charge in [0.25, 0.3) is 0 Å². The second-order valence-electron chi connectivity index (χ2n) is 5.59. The van der Waals surface area contributed by atoms with Crippen LogP contribution in [0.4, 0.5) is 4.39 Å². The number of esters is 1. The van der Waals surface area contributed by atoms with E-state index in [1.165, 1.54) is 12.2 Å². The van der Waals surface area contributed by atoms with Crippen molar-refractivity contribution in [2.45, 2.75) is 25.8 Å². The standard InChI is InChI=1S/C18H20FN3O2/c1-2-24-15(23)9-8-12-5-3-6-13(16(12)19)17-18-14(21-11-22-18)7-4-10-20-17/h3,5-6,8-9,11,17,20H,2,4,7,10H2,1H3,(H,21,22)/b9-8+. The maximum atomic E-state index is 14.9. The third-order valence-corrected chi connectivity index (χ3v) is 4.03. The molecule has 1 aliphatic heterocycles. The molecular formula is C18H20FN3O2. The van der Waals surface area contributed by atoms with Gasteiger partial charge in [-0.25, -0.2) is 14.2 Å². The van der Waals surface area contributed by atoms with E-state index in [-0.39, 0.29) is 11.9 Å². The molecule has 0 bridgehead atoms. The number of fused-ring (bicyclic) bond motifs is 1. The number of nitrogens with zero attached hydrogens (tertiary/aromatic N) is 1. The summed E-state index contributed by atoms with van der Waals surface area (Å²) in [6.07, 6.45) is 6.16. The number of rotatable bonds is 4. The van der Waals surface area contributed by atoms with Crippen LogP contribution in [0.25, 0.3) is 6.08 Å². The molecule has 0 amide bonds. The number of benzene rings is 1. The number of nitrogens with one attached hydrogen (secondary N) is 2. The molecule has 126 valence electrons. The predicted molar refractivity (Wildman–Crippen MR) is 88.8 cm³/mol. The van der Waals surface area contributed by atoms with Crippen LogP contribution in [0.1, 0.15) is 41.9 Å². The zero-order valence-electron chi connectivity index (χ0n) is 13.5. The van der Waals surface area contributed by atoms with E-state index in [2.05, 4.69) is 15.3 Å². The first-order chi connectivity index (χ1) is 11.7. The van der Waals surface area contributed by atoms with Crippen molar-refractivity contribution in [1.82, 2.24) is 15.3 Å². The van der Waals surface area contributed by atoms with Gasteiger partial charge in [0.15, 0.2) is 0 Å². The molecule has 5 nitrogen and oxygen atoms in total. The molecule has 1 atom stereocenters. The zero-order valence-corrected chi connectivity index (χ0v) is 13.5. The number of hydrogen-bond donors (Lipinski definition) is 2. The molecule has 6 heteroatoms. The quantitative estimate of drug-likeness (QED) is 0.669. The summed E-state index contributed by atoms with van der Waals surface area (Å²) in [7, 11) is 0. The summed E-state index contributed by atoms with van der Waals surface area (Å²) >= 11 is 0. The molecular weight excluding hydrogens is 309 g/mol. The van der Waals surface area contributed by atoms with E-state index in [0.29, 0.717) is 17.7 Å². The Bertz CT molecular complexity index is 754. The molecule has 0 radical (unpaired) electrons. The lowest BCUT2D eigenvalue weighted by Crippen LogP contribution is -2.23. The lowest BCUT2D eigenvalue weighted by molar-refractivity contribution is -0.137. The fourth-order valence-corrected chi connectivity index (χ4v) is 2.92. The molecule has 0 saturated carbocycles. The number of aromatic nitrogens is 2. The normalized spacial score (nSPS) is 17.5. The maximum absolute atomic E-state index is 14.9. The average molecular weight is 329 g/mol. The number of aromatic amines is 1. The van der Waals surface area contributed by atoms with Gasteiger partial charge in [0.2, 0.25) is 0 Å². The Morgan fingerprint density at radius 1 is 1.50 bits per heavy atom. The highest BCUT2D eigenvalue weighted by atomic mass is 19.1. The SMILES string of the molecule is CCOC(=O)/C=C/c1cccc(C2NCCCc3nc[nH]c32)c1F. The van der Waals surface area contributed by atoms with Gasteiger partial charge in [0.05, 0.1) is 30.4 Å². The Morgan fingerprint density at radius 2 is 2.38 bits per heavy atom. The highest BCUT2D eigenvalue weighted by Gasteiger charge is 2.25. The van der Waals surface area contributed by atoms with Gasteiger partial charge in [-0.2, -0.15) is 0 Å². The lowest BCUT2D eigenvalue weighted by atomic mass is 9.99.